The molecule has 2 rings (SSSR count). The summed E-state index contributed by atoms with van der Waals surface area (Å²) in [5.41, 5.74) is 1.25. The smallest absolute Gasteiger partial charge is 0.137 e. The lowest BCUT2D eigenvalue weighted by Crippen LogP contribution is -2.19. The third-order valence-electron chi connectivity index (χ3n) is 3.54. The van der Waals surface area contributed by atoms with Crippen molar-refractivity contribution < 1.29 is 14.9 Å². The molecule has 0 amide bonds. The number of aliphatic hydroxyl groups is 2. The van der Waals surface area contributed by atoms with Crippen LogP contribution in [0.15, 0.2) is 36.7 Å². The van der Waals surface area contributed by atoms with Gasteiger partial charge in [-0.25, -0.2) is 4.98 Å². The van der Waals surface area contributed by atoms with Crippen molar-refractivity contribution in [3.63, 3.8) is 0 Å². The third kappa shape index (κ3) is 4.58. The number of rotatable bonds is 8. The van der Waals surface area contributed by atoms with Crippen LogP contribution in [0.4, 0.5) is 0 Å². The number of hydrogen-bond donors (Lipinski definition) is 3. The molecule has 0 saturated heterocycles. The van der Waals surface area contributed by atoms with Gasteiger partial charge in [0.1, 0.15) is 17.7 Å². The van der Waals surface area contributed by atoms with Gasteiger partial charge < -0.3 is 19.9 Å². The van der Waals surface area contributed by atoms with E-state index in [4.69, 9.17) is 4.74 Å². The van der Waals surface area contributed by atoms with Crippen LogP contribution in [0.3, 0.4) is 0 Å². The molecule has 2 atom stereocenters. The van der Waals surface area contributed by atoms with Gasteiger partial charge in [0.2, 0.25) is 0 Å². The lowest BCUT2D eigenvalue weighted by atomic mass is 10.0. The zero-order valence-electron chi connectivity index (χ0n) is 12.2. The molecule has 0 bridgehead atoms. The highest BCUT2D eigenvalue weighted by molar-refractivity contribution is 5.27. The lowest BCUT2D eigenvalue weighted by Gasteiger charge is -2.15. The van der Waals surface area contributed by atoms with Gasteiger partial charge in [-0.2, -0.15) is 0 Å². The van der Waals surface area contributed by atoms with E-state index in [9.17, 15) is 10.2 Å². The Morgan fingerprint density at radius 2 is 1.95 bits per heavy atom. The molecule has 3 N–H and O–H groups in total. The zero-order chi connectivity index (χ0) is 15.1. The molecule has 0 aliphatic rings. The predicted molar refractivity (Wildman–Crippen MR) is 80.1 cm³/mol. The molecule has 0 radical (unpaired) electrons. The van der Waals surface area contributed by atoms with Crippen LogP contribution in [0, 0.1) is 0 Å². The molecule has 21 heavy (non-hydrogen) atoms. The second kappa shape index (κ2) is 7.81. The molecule has 2 aromatic rings. The summed E-state index contributed by atoms with van der Waals surface area (Å²) in [6.07, 6.45) is 4.79. The SMILES string of the molecule is COc1ccc(CCCCC(O)C(O)c2ncc[nH]2)cc1. The van der Waals surface area contributed by atoms with E-state index >= 15 is 0 Å². The molecule has 2 unspecified atom stereocenters. The molecular formula is C16H22N2O3. The van der Waals surface area contributed by atoms with Crippen molar-refractivity contribution in [3.05, 3.63) is 48.0 Å². The Balaban J connectivity index is 1.69. The molecule has 0 fully saturated rings. The number of benzene rings is 1. The second-order valence-electron chi connectivity index (χ2n) is 5.08. The number of nitrogens with zero attached hydrogens (tertiary/aromatic N) is 1. The van der Waals surface area contributed by atoms with Crippen molar-refractivity contribution in [2.24, 2.45) is 0 Å². The average Bonchev–Trinajstić information content (AvgIpc) is 3.05. The van der Waals surface area contributed by atoms with E-state index in [0.29, 0.717) is 12.2 Å². The van der Waals surface area contributed by atoms with Gasteiger partial charge in [-0.15, -0.1) is 0 Å². The maximum Gasteiger partial charge on any atom is 0.137 e. The maximum absolute atomic E-state index is 9.93. The minimum Gasteiger partial charge on any atom is -0.497 e. The average molecular weight is 290 g/mol. The zero-order valence-corrected chi connectivity index (χ0v) is 12.2. The van der Waals surface area contributed by atoms with Gasteiger partial charge in [0.15, 0.2) is 0 Å². The molecule has 1 aromatic carbocycles. The summed E-state index contributed by atoms with van der Waals surface area (Å²) in [6, 6.07) is 8.00. The third-order valence-corrected chi connectivity index (χ3v) is 3.54. The fraction of sp³-hybridized carbons (Fsp3) is 0.438. The van der Waals surface area contributed by atoms with Crippen LogP contribution in [0.1, 0.15) is 36.8 Å². The van der Waals surface area contributed by atoms with Crippen molar-refractivity contribution in [2.75, 3.05) is 7.11 Å². The minimum atomic E-state index is -0.944. The quantitative estimate of drug-likeness (QED) is 0.651. The van der Waals surface area contributed by atoms with E-state index in [1.165, 1.54) is 5.56 Å². The number of H-pyrrole nitrogens is 1. The van der Waals surface area contributed by atoms with Crippen LogP contribution in [0.5, 0.6) is 5.75 Å². The van der Waals surface area contributed by atoms with Crippen LogP contribution >= 0.6 is 0 Å². The molecule has 5 heteroatoms. The molecule has 0 saturated carbocycles. The molecule has 0 spiro atoms. The number of aromatic amines is 1. The highest BCUT2D eigenvalue weighted by atomic mass is 16.5. The van der Waals surface area contributed by atoms with E-state index in [1.54, 1.807) is 19.5 Å². The molecular weight excluding hydrogens is 268 g/mol. The Bertz CT molecular complexity index is 511. The van der Waals surface area contributed by atoms with Crippen LogP contribution in [0.2, 0.25) is 0 Å². The van der Waals surface area contributed by atoms with E-state index in [2.05, 4.69) is 9.97 Å². The monoisotopic (exact) mass is 290 g/mol. The Morgan fingerprint density at radius 1 is 1.19 bits per heavy atom. The standard InChI is InChI=1S/C16H22N2O3/c1-21-13-8-6-12(7-9-13)4-2-3-5-14(19)15(20)16-17-10-11-18-16/h6-11,14-15,19-20H,2-5H2,1H3,(H,17,18). The fourth-order valence-electron chi connectivity index (χ4n) is 2.25. The summed E-state index contributed by atoms with van der Waals surface area (Å²) in [5, 5.41) is 19.8. The van der Waals surface area contributed by atoms with Crippen molar-refractivity contribution in [1.29, 1.82) is 0 Å². The van der Waals surface area contributed by atoms with Crippen LogP contribution in [-0.2, 0) is 6.42 Å². The Kier molecular flexibility index (Phi) is 5.78. The van der Waals surface area contributed by atoms with Crippen molar-refractivity contribution >= 4 is 0 Å². The van der Waals surface area contributed by atoms with Gasteiger partial charge in [0, 0.05) is 12.4 Å². The number of aliphatic hydroxyl groups excluding tert-OH is 2. The van der Waals surface area contributed by atoms with Crippen molar-refractivity contribution in [3.8, 4) is 5.75 Å². The summed E-state index contributed by atoms with van der Waals surface area (Å²) >= 11 is 0. The van der Waals surface area contributed by atoms with E-state index in [1.807, 2.05) is 24.3 Å². The van der Waals surface area contributed by atoms with Gasteiger partial charge in [-0.3, -0.25) is 0 Å². The van der Waals surface area contributed by atoms with Crippen LogP contribution < -0.4 is 4.74 Å². The highest BCUT2D eigenvalue weighted by Gasteiger charge is 2.19. The first-order valence-corrected chi connectivity index (χ1v) is 7.19. The normalized spacial score (nSPS) is 13.9. The summed E-state index contributed by atoms with van der Waals surface area (Å²) in [4.78, 5) is 6.76. The van der Waals surface area contributed by atoms with Gasteiger partial charge in [0.05, 0.1) is 13.2 Å². The van der Waals surface area contributed by atoms with Gasteiger partial charge in [-0.1, -0.05) is 18.6 Å². The summed E-state index contributed by atoms with van der Waals surface area (Å²) in [5.74, 6) is 1.27. The van der Waals surface area contributed by atoms with E-state index < -0.39 is 12.2 Å². The first-order chi connectivity index (χ1) is 10.2. The van der Waals surface area contributed by atoms with Crippen molar-refractivity contribution in [1.82, 2.24) is 9.97 Å². The fourth-order valence-corrected chi connectivity index (χ4v) is 2.25. The minimum absolute atomic E-state index is 0.414. The van der Waals surface area contributed by atoms with Crippen LogP contribution in [-0.4, -0.2) is 33.4 Å². The highest BCUT2D eigenvalue weighted by Crippen LogP contribution is 2.18. The number of aryl methyl sites for hydroxylation is 1. The van der Waals surface area contributed by atoms with E-state index in [0.717, 1.165) is 25.0 Å². The number of nitrogens with one attached hydrogen (secondary N) is 1. The van der Waals surface area contributed by atoms with Crippen LogP contribution in [0.25, 0.3) is 0 Å². The first-order valence-electron chi connectivity index (χ1n) is 7.19. The van der Waals surface area contributed by atoms with E-state index in [-0.39, 0.29) is 0 Å². The van der Waals surface area contributed by atoms with Gasteiger partial charge in [0.25, 0.3) is 0 Å². The number of ether oxygens (including phenoxy) is 1. The first kappa shape index (κ1) is 15.5. The number of hydrogen-bond acceptors (Lipinski definition) is 4. The Morgan fingerprint density at radius 3 is 2.57 bits per heavy atom. The molecule has 0 aliphatic carbocycles. The second-order valence-corrected chi connectivity index (χ2v) is 5.08. The predicted octanol–water partition coefficient (Wildman–Crippen LogP) is 2.23. The Hall–Kier alpha value is -1.85. The number of methoxy groups -OCH3 is 1. The van der Waals surface area contributed by atoms with Crippen molar-refractivity contribution in [2.45, 2.75) is 37.9 Å². The molecule has 1 aromatic heterocycles. The topological polar surface area (TPSA) is 78.4 Å². The number of aromatic nitrogens is 2. The lowest BCUT2D eigenvalue weighted by molar-refractivity contribution is 0.00738. The van der Waals surface area contributed by atoms with Gasteiger partial charge in [-0.05, 0) is 37.0 Å². The number of imidazole rings is 1. The molecule has 5 nitrogen and oxygen atoms in total. The number of unbranched alkanes of at least 4 members (excludes halogenated alkanes) is 1. The molecule has 1 heterocycles. The van der Waals surface area contributed by atoms with Gasteiger partial charge >= 0.3 is 0 Å². The Labute approximate surface area is 124 Å². The molecule has 114 valence electrons. The molecule has 0 aliphatic heterocycles. The summed E-state index contributed by atoms with van der Waals surface area (Å²) in [7, 11) is 1.65. The largest absolute Gasteiger partial charge is 0.497 e. The summed E-state index contributed by atoms with van der Waals surface area (Å²) < 4.78 is 5.12. The maximum atomic E-state index is 9.93. The summed E-state index contributed by atoms with van der Waals surface area (Å²) in [6.45, 7) is 0.